The average Bonchev–Trinajstić information content (AvgIpc) is 2.67. The molecule has 1 aliphatic rings. The molecule has 1 unspecified atom stereocenters. The Morgan fingerprint density at radius 2 is 1.84 bits per heavy atom. The number of aryl methyl sites for hydroxylation is 1. The Hall–Kier alpha value is -2.82. The molecule has 2 aromatic carbocycles. The standard InChI is InChI=1S/C20H22N2O3/c1-25-19(23)17(14-15-8-3-2-4-9-15)21-20(24)22-13-7-11-16-10-5-6-12-18(16)22/h2-6,8-10,12,17H,7,11,13-14H2,1H3,(H,21,24). The van der Waals surface area contributed by atoms with Gasteiger partial charge in [-0.05, 0) is 30.0 Å². The summed E-state index contributed by atoms with van der Waals surface area (Å²) in [6.07, 6.45) is 2.27. The van der Waals surface area contributed by atoms with Gasteiger partial charge in [0.15, 0.2) is 0 Å². The van der Waals surface area contributed by atoms with Crippen LogP contribution in [0.15, 0.2) is 54.6 Å². The molecule has 0 bridgehead atoms. The quantitative estimate of drug-likeness (QED) is 0.872. The van der Waals surface area contributed by atoms with Crippen LogP contribution in [0.5, 0.6) is 0 Å². The second-order valence-electron chi connectivity index (χ2n) is 6.10. The molecule has 3 rings (SSSR count). The van der Waals surface area contributed by atoms with Gasteiger partial charge in [0.25, 0.3) is 0 Å². The molecular formula is C20H22N2O3. The first-order valence-electron chi connectivity index (χ1n) is 8.46. The fourth-order valence-corrected chi connectivity index (χ4v) is 3.16. The van der Waals surface area contributed by atoms with Crippen molar-refractivity contribution < 1.29 is 14.3 Å². The molecule has 0 aromatic heterocycles. The van der Waals surface area contributed by atoms with Crippen LogP contribution < -0.4 is 10.2 Å². The third kappa shape index (κ3) is 3.99. The van der Waals surface area contributed by atoms with Crippen molar-refractivity contribution in [3.63, 3.8) is 0 Å². The zero-order valence-electron chi connectivity index (χ0n) is 14.3. The number of benzene rings is 2. The fraction of sp³-hybridized carbons (Fsp3) is 0.300. The molecule has 0 radical (unpaired) electrons. The van der Waals surface area contributed by atoms with Gasteiger partial charge in [-0.1, -0.05) is 48.5 Å². The molecule has 25 heavy (non-hydrogen) atoms. The second-order valence-corrected chi connectivity index (χ2v) is 6.10. The maximum absolute atomic E-state index is 12.8. The summed E-state index contributed by atoms with van der Waals surface area (Å²) in [7, 11) is 1.34. The summed E-state index contributed by atoms with van der Waals surface area (Å²) in [6, 6.07) is 16.5. The minimum atomic E-state index is -0.714. The number of amides is 2. The van der Waals surface area contributed by atoms with E-state index in [2.05, 4.69) is 5.32 Å². The number of nitrogens with zero attached hydrogens (tertiary/aromatic N) is 1. The van der Waals surface area contributed by atoms with Crippen molar-refractivity contribution in [1.29, 1.82) is 0 Å². The molecule has 1 heterocycles. The second kappa shape index (κ2) is 7.83. The van der Waals surface area contributed by atoms with Crippen molar-refractivity contribution in [3.05, 3.63) is 65.7 Å². The van der Waals surface area contributed by atoms with E-state index in [-0.39, 0.29) is 6.03 Å². The number of hydrogen-bond donors (Lipinski definition) is 1. The topological polar surface area (TPSA) is 58.6 Å². The van der Waals surface area contributed by atoms with Gasteiger partial charge in [0, 0.05) is 18.7 Å². The number of esters is 1. The highest BCUT2D eigenvalue weighted by Crippen LogP contribution is 2.26. The first-order chi connectivity index (χ1) is 12.2. The number of urea groups is 1. The van der Waals surface area contributed by atoms with Crippen molar-refractivity contribution in [1.82, 2.24) is 5.32 Å². The summed E-state index contributed by atoms with van der Waals surface area (Å²) < 4.78 is 4.87. The number of ether oxygens (including phenoxy) is 1. The lowest BCUT2D eigenvalue weighted by molar-refractivity contribution is -0.142. The smallest absolute Gasteiger partial charge is 0.328 e. The van der Waals surface area contributed by atoms with Crippen molar-refractivity contribution in [2.24, 2.45) is 0 Å². The van der Waals surface area contributed by atoms with Gasteiger partial charge >= 0.3 is 12.0 Å². The molecule has 0 saturated heterocycles. The number of nitrogens with one attached hydrogen (secondary N) is 1. The molecule has 0 saturated carbocycles. The van der Waals surface area contributed by atoms with E-state index in [1.807, 2.05) is 54.6 Å². The van der Waals surface area contributed by atoms with E-state index >= 15 is 0 Å². The third-order valence-corrected chi connectivity index (χ3v) is 4.42. The molecule has 1 atom stereocenters. The molecule has 5 nitrogen and oxygen atoms in total. The van der Waals surface area contributed by atoms with E-state index in [4.69, 9.17) is 4.74 Å². The van der Waals surface area contributed by atoms with E-state index in [0.29, 0.717) is 13.0 Å². The highest BCUT2D eigenvalue weighted by Gasteiger charge is 2.27. The van der Waals surface area contributed by atoms with E-state index < -0.39 is 12.0 Å². The predicted molar refractivity (Wildman–Crippen MR) is 96.6 cm³/mol. The monoisotopic (exact) mass is 338 g/mol. The molecular weight excluding hydrogens is 316 g/mol. The highest BCUT2D eigenvalue weighted by molar-refractivity contribution is 5.95. The van der Waals surface area contributed by atoms with Gasteiger partial charge in [-0.15, -0.1) is 0 Å². The minimum absolute atomic E-state index is 0.265. The molecule has 1 N–H and O–H groups in total. The number of hydrogen-bond acceptors (Lipinski definition) is 3. The average molecular weight is 338 g/mol. The first kappa shape index (κ1) is 17.0. The number of rotatable bonds is 4. The number of carbonyl (C=O) groups excluding carboxylic acids is 2. The molecule has 1 aliphatic heterocycles. The maximum atomic E-state index is 12.8. The summed E-state index contributed by atoms with van der Waals surface area (Å²) in [6.45, 7) is 0.641. The van der Waals surface area contributed by atoms with Gasteiger partial charge in [-0.3, -0.25) is 4.90 Å². The van der Waals surface area contributed by atoms with Crippen molar-refractivity contribution >= 4 is 17.7 Å². The SMILES string of the molecule is COC(=O)C(Cc1ccccc1)NC(=O)N1CCCc2ccccc21. The molecule has 2 amide bonds. The Kier molecular flexibility index (Phi) is 5.33. The van der Waals surface area contributed by atoms with Crippen LogP contribution in [0, 0.1) is 0 Å². The normalized spacial score (nSPS) is 14.4. The summed E-state index contributed by atoms with van der Waals surface area (Å²) in [5.74, 6) is -0.442. The molecule has 0 aliphatic carbocycles. The highest BCUT2D eigenvalue weighted by atomic mass is 16.5. The maximum Gasteiger partial charge on any atom is 0.328 e. The summed E-state index contributed by atoms with van der Waals surface area (Å²) in [5.41, 5.74) is 3.04. The minimum Gasteiger partial charge on any atom is -0.467 e. The van der Waals surface area contributed by atoms with E-state index in [0.717, 1.165) is 29.7 Å². The number of carbonyl (C=O) groups is 2. The largest absolute Gasteiger partial charge is 0.467 e. The van der Waals surface area contributed by atoms with Gasteiger partial charge in [-0.25, -0.2) is 9.59 Å². The third-order valence-electron chi connectivity index (χ3n) is 4.42. The van der Waals surface area contributed by atoms with Crippen LogP contribution in [0.4, 0.5) is 10.5 Å². The van der Waals surface area contributed by atoms with Gasteiger partial charge in [0.1, 0.15) is 6.04 Å². The Morgan fingerprint density at radius 1 is 1.12 bits per heavy atom. The first-order valence-corrected chi connectivity index (χ1v) is 8.46. The van der Waals surface area contributed by atoms with Crippen molar-refractivity contribution in [2.45, 2.75) is 25.3 Å². The Balaban J connectivity index is 1.76. The van der Waals surface area contributed by atoms with Gasteiger partial charge in [0.2, 0.25) is 0 Å². The zero-order valence-corrected chi connectivity index (χ0v) is 14.3. The Bertz CT molecular complexity index is 746. The van der Waals surface area contributed by atoms with Gasteiger partial charge < -0.3 is 10.1 Å². The lowest BCUT2D eigenvalue weighted by Gasteiger charge is -2.30. The lowest BCUT2D eigenvalue weighted by Crippen LogP contribution is -2.50. The number of para-hydroxylation sites is 1. The summed E-state index contributed by atoms with van der Waals surface area (Å²) >= 11 is 0. The van der Waals surface area contributed by atoms with Crippen molar-refractivity contribution in [3.8, 4) is 0 Å². The summed E-state index contributed by atoms with van der Waals surface area (Å²) in [4.78, 5) is 26.6. The molecule has 5 heteroatoms. The van der Waals surface area contributed by atoms with E-state index in [9.17, 15) is 9.59 Å². The van der Waals surface area contributed by atoms with Crippen LogP contribution in [-0.4, -0.2) is 31.7 Å². The molecule has 0 spiro atoms. The Morgan fingerprint density at radius 3 is 2.60 bits per heavy atom. The van der Waals surface area contributed by atoms with Crippen LogP contribution in [-0.2, 0) is 22.4 Å². The van der Waals surface area contributed by atoms with Crippen LogP contribution in [0.2, 0.25) is 0 Å². The van der Waals surface area contributed by atoms with Gasteiger partial charge in [-0.2, -0.15) is 0 Å². The Labute approximate surface area is 147 Å². The van der Waals surface area contributed by atoms with Crippen LogP contribution in [0.1, 0.15) is 17.5 Å². The van der Waals surface area contributed by atoms with Crippen LogP contribution in [0.3, 0.4) is 0 Å². The van der Waals surface area contributed by atoms with Crippen LogP contribution in [0.25, 0.3) is 0 Å². The molecule has 0 fully saturated rings. The number of anilines is 1. The molecule has 130 valence electrons. The fourth-order valence-electron chi connectivity index (χ4n) is 3.16. The lowest BCUT2D eigenvalue weighted by atomic mass is 10.0. The molecule has 2 aromatic rings. The number of fused-ring (bicyclic) bond motifs is 1. The number of methoxy groups -OCH3 is 1. The zero-order chi connectivity index (χ0) is 17.6. The van der Waals surface area contributed by atoms with Crippen LogP contribution >= 0.6 is 0 Å². The van der Waals surface area contributed by atoms with Crippen molar-refractivity contribution in [2.75, 3.05) is 18.6 Å². The predicted octanol–water partition coefficient (Wildman–Crippen LogP) is 2.93. The van der Waals surface area contributed by atoms with E-state index in [1.54, 1.807) is 4.90 Å². The summed E-state index contributed by atoms with van der Waals surface area (Å²) in [5, 5.41) is 2.84. The van der Waals surface area contributed by atoms with E-state index in [1.165, 1.54) is 7.11 Å². The van der Waals surface area contributed by atoms with Gasteiger partial charge in [0.05, 0.1) is 7.11 Å².